The van der Waals surface area contributed by atoms with E-state index in [1.807, 2.05) is 24.8 Å². The number of carbonyl (C=O) groups excluding carboxylic acids is 2. The molecule has 2 amide bonds. The number of ether oxygens (including phenoxy) is 1. The van der Waals surface area contributed by atoms with E-state index < -0.39 is 6.09 Å². The Morgan fingerprint density at radius 2 is 2.16 bits per heavy atom. The van der Waals surface area contributed by atoms with Crippen molar-refractivity contribution in [2.75, 3.05) is 19.7 Å². The van der Waals surface area contributed by atoms with Gasteiger partial charge < -0.3 is 15.0 Å². The van der Waals surface area contributed by atoms with Crippen LogP contribution in [-0.4, -0.2) is 42.6 Å². The van der Waals surface area contributed by atoms with Gasteiger partial charge in [-0.1, -0.05) is 13.0 Å². The van der Waals surface area contributed by atoms with Crippen molar-refractivity contribution in [2.24, 2.45) is 0 Å². The maximum atomic E-state index is 12.2. The zero-order valence-electron chi connectivity index (χ0n) is 12.1. The minimum Gasteiger partial charge on any atom is -0.450 e. The summed E-state index contributed by atoms with van der Waals surface area (Å²) in [6.45, 7) is 7.31. The molecular weight excluding hydrogens is 244 g/mol. The minimum absolute atomic E-state index is 0.00817. The van der Waals surface area contributed by atoms with Crippen LogP contribution in [0.1, 0.15) is 40.0 Å². The number of carbonyl (C=O) groups is 2. The van der Waals surface area contributed by atoms with E-state index in [0.717, 1.165) is 31.4 Å². The minimum atomic E-state index is -0.400. The van der Waals surface area contributed by atoms with Crippen LogP contribution in [0.4, 0.5) is 4.79 Å². The SMILES string of the molecule is CC/C=C(/C)C(=O)N1CCC[C@H](NC(=O)OCC)C1. The maximum absolute atomic E-state index is 12.2. The molecule has 1 N–H and O–H groups in total. The number of hydrogen-bond acceptors (Lipinski definition) is 3. The molecule has 1 aliphatic rings. The van der Waals surface area contributed by atoms with Crippen molar-refractivity contribution in [1.29, 1.82) is 0 Å². The van der Waals surface area contributed by atoms with E-state index in [1.165, 1.54) is 0 Å². The van der Waals surface area contributed by atoms with Crippen molar-refractivity contribution in [1.82, 2.24) is 10.2 Å². The van der Waals surface area contributed by atoms with E-state index in [0.29, 0.717) is 13.2 Å². The molecule has 0 radical (unpaired) electrons. The number of hydrogen-bond donors (Lipinski definition) is 1. The van der Waals surface area contributed by atoms with E-state index in [9.17, 15) is 9.59 Å². The topological polar surface area (TPSA) is 58.6 Å². The Morgan fingerprint density at radius 3 is 2.79 bits per heavy atom. The lowest BCUT2D eigenvalue weighted by Gasteiger charge is -2.33. The molecule has 108 valence electrons. The standard InChI is InChI=1S/C14H24N2O3/c1-4-7-11(3)13(17)16-9-6-8-12(10-16)15-14(18)19-5-2/h7,12H,4-6,8-10H2,1-3H3,(H,15,18)/b11-7-/t12-/m0/s1. The van der Waals surface area contributed by atoms with Crippen molar-refractivity contribution < 1.29 is 14.3 Å². The Bertz CT molecular complexity index is 353. The normalized spacial score (nSPS) is 20.1. The lowest BCUT2D eigenvalue weighted by molar-refractivity contribution is -0.128. The van der Waals surface area contributed by atoms with Gasteiger partial charge in [-0.05, 0) is 33.1 Å². The average Bonchev–Trinajstić information content (AvgIpc) is 2.38. The molecule has 0 aromatic carbocycles. The van der Waals surface area contributed by atoms with Crippen LogP contribution in [0.5, 0.6) is 0 Å². The van der Waals surface area contributed by atoms with Gasteiger partial charge in [-0.25, -0.2) is 4.79 Å². The molecule has 0 aliphatic carbocycles. The Balaban J connectivity index is 2.52. The van der Waals surface area contributed by atoms with E-state index in [-0.39, 0.29) is 11.9 Å². The smallest absolute Gasteiger partial charge is 0.407 e. The summed E-state index contributed by atoms with van der Waals surface area (Å²) in [5.74, 6) is 0.0669. The number of amides is 2. The van der Waals surface area contributed by atoms with Gasteiger partial charge in [0, 0.05) is 24.7 Å². The van der Waals surface area contributed by atoms with E-state index in [4.69, 9.17) is 4.74 Å². The molecule has 5 nitrogen and oxygen atoms in total. The van der Waals surface area contributed by atoms with Gasteiger partial charge in [-0.3, -0.25) is 4.79 Å². The summed E-state index contributed by atoms with van der Waals surface area (Å²) >= 11 is 0. The number of piperidine rings is 1. The van der Waals surface area contributed by atoms with Gasteiger partial charge >= 0.3 is 6.09 Å². The predicted molar refractivity (Wildman–Crippen MR) is 73.8 cm³/mol. The molecule has 1 aliphatic heterocycles. The van der Waals surface area contributed by atoms with Gasteiger partial charge in [-0.2, -0.15) is 0 Å². The molecule has 5 heteroatoms. The largest absolute Gasteiger partial charge is 0.450 e. The van der Waals surface area contributed by atoms with Crippen LogP contribution in [0.2, 0.25) is 0 Å². The van der Waals surface area contributed by atoms with Crippen LogP contribution in [0.25, 0.3) is 0 Å². The molecule has 1 heterocycles. The number of rotatable bonds is 4. The molecule has 1 saturated heterocycles. The summed E-state index contributed by atoms with van der Waals surface area (Å²) in [5, 5.41) is 2.80. The number of allylic oxidation sites excluding steroid dienone is 1. The van der Waals surface area contributed by atoms with Crippen molar-refractivity contribution in [3.8, 4) is 0 Å². The first-order valence-electron chi connectivity index (χ1n) is 6.97. The molecule has 19 heavy (non-hydrogen) atoms. The third-order valence-electron chi connectivity index (χ3n) is 3.15. The Hall–Kier alpha value is -1.52. The number of likely N-dealkylation sites (tertiary alicyclic amines) is 1. The molecule has 0 bridgehead atoms. The van der Waals surface area contributed by atoms with E-state index >= 15 is 0 Å². The maximum Gasteiger partial charge on any atom is 0.407 e. The molecule has 1 rings (SSSR count). The highest BCUT2D eigenvalue weighted by atomic mass is 16.5. The first-order chi connectivity index (χ1) is 9.08. The third-order valence-corrected chi connectivity index (χ3v) is 3.15. The first kappa shape index (κ1) is 15.5. The van der Waals surface area contributed by atoms with Crippen LogP contribution in [0.15, 0.2) is 11.6 Å². The Kier molecular flexibility index (Phi) is 6.39. The van der Waals surface area contributed by atoms with Crippen LogP contribution in [0, 0.1) is 0 Å². The zero-order chi connectivity index (χ0) is 14.3. The zero-order valence-corrected chi connectivity index (χ0v) is 12.1. The number of alkyl carbamates (subject to hydrolysis) is 1. The summed E-state index contributed by atoms with van der Waals surface area (Å²) in [7, 11) is 0. The van der Waals surface area contributed by atoms with Gasteiger partial charge in [-0.15, -0.1) is 0 Å². The lowest BCUT2D eigenvalue weighted by atomic mass is 10.0. The predicted octanol–water partition coefficient (Wildman–Crippen LogP) is 2.08. The molecule has 0 spiro atoms. The van der Waals surface area contributed by atoms with Crippen LogP contribution in [-0.2, 0) is 9.53 Å². The second-order valence-electron chi connectivity index (χ2n) is 4.75. The van der Waals surface area contributed by atoms with Gasteiger partial charge in [0.2, 0.25) is 5.91 Å². The fourth-order valence-electron chi connectivity index (χ4n) is 2.26. The highest BCUT2D eigenvalue weighted by Crippen LogP contribution is 2.13. The lowest BCUT2D eigenvalue weighted by Crippen LogP contribution is -2.49. The molecule has 0 aromatic rings. The van der Waals surface area contributed by atoms with Gasteiger partial charge in [0.25, 0.3) is 0 Å². The summed E-state index contributed by atoms with van der Waals surface area (Å²) in [6.07, 6.45) is 4.18. The van der Waals surface area contributed by atoms with Gasteiger partial charge in [0.05, 0.1) is 6.61 Å². The molecule has 0 saturated carbocycles. The molecular formula is C14H24N2O3. The number of nitrogens with one attached hydrogen (secondary N) is 1. The molecule has 0 aromatic heterocycles. The first-order valence-corrected chi connectivity index (χ1v) is 6.97. The summed E-state index contributed by atoms with van der Waals surface area (Å²) in [6, 6.07) is -0.00817. The van der Waals surface area contributed by atoms with Crippen molar-refractivity contribution >= 4 is 12.0 Å². The van der Waals surface area contributed by atoms with E-state index in [1.54, 1.807) is 6.92 Å². The Morgan fingerprint density at radius 1 is 1.42 bits per heavy atom. The van der Waals surface area contributed by atoms with Crippen molar-refractivity contribution in [3.05, 3.63) is 11.6 Å². The average molecular weight is 268 g/mol. The van der Waals surface area contributed by atoms with Crippen LogP contribution in [0.3, 0.4) is 0 Å². The van der Waals surface area contributed by atoms with Gasteiger partial charge in [0.15, 0.2) is 0 Å². The van der Waals surface area contributed by atoms with Crippen molar-refractivity contribution in [2.45, 2.75) is 46.1 Å². The summed E-state index contributed by atoms with van der Waals surface area (Å²) < 4.78 is 4.86. The van der Waals surface area contributed by atoms with Gasteiger partial charge in [0.1, 0.15) is 0 Å². The molecule has 1 atom stereocenters. The monoisotopic (exact) mass is 268 g/mol. The van der Waals surface area contributed by atoms with Crippen LogP contribution >= 0.6 is 0 Å². The number of nitrogens with zero attached hydrogens (tertiary/aromatic N) is 1. The highest BCUT2D eigenvalue weighted by Gasteiger charge is 2.25. The van der Waals surface area contributed by atoms with Crippen molar-refractivity contribution in [3.63, 3.8) is 0 Å². The summed E-state index contributed by atoms with van der Waals surface area (Å²) in [4.78, 5) is 25.3. The Labute approximate surface area is 115 Å². The van der Waals surface area contributed by atoms with E-state index in [2.05, 4.69) is 5.32 Å². The van der Waals surface area contributed by atoms with Crippen LogP contribution < -0.4 is 5.32 Å². The second kappa shape index (κ2) is 7.81. The fourth-order valence-corrected chi connectivity index (χ4v) is 2.26. The summed E-state index contributed by atoms with van der Waals surface area (Å²) in [5.41, 5.74) is 0.777. The highest BCUT2D eigenvalue weighted by molar-refractivity contribution is 5.92. The molecule has 0 unspecified atom stereocenters. The fraction of sp³-hybridized carbons (Fsp3) is 0.714. The molecule has 1 fully saturated rings. The third kappa shape index (κ3) is 4.93. The second-order valence-corrected chi connectivity index (χ2v) is 4.75. The quantitative estimate of drug-likeness (QED) is 0.794.